The molecule has 0 aliphatic carbocycles. The predicted molar refractivity (Wildman–Crippen MR) is 69.1 cm³/mol. The van der Waals surface area contributed by atoms with Gasteiger partial charge in [-0.05, 0) is 21.0 Å². The maximum atomic E-state index is 5.00. The lowest BCUT2D eigenvalue weighted by Gasteiger charge is -2.20. The third kappa shape index (κ3) is 4.85. The van der Waals surface area contributed by atoms with Gasteiger partial charge >= 0.3 is 0 Å². The van der Waals surface area contributed by atoms with Crippen LogP contribution in [-0.2, 0) is 11.3 Å². The summed E-state index contributed by atoms with van der Waals surface area (Å²) in [5, 5.41) is 3.34. The van der Waals surface area contributed by atoms with E-state index in [1.165, 1.54) is 5.69 Å². The third-order valence-electron chi connectivity index (χ3n) is 2.64. The molecule has 0 aliphatic rings. The highest BCUT2D eigenvalue weighted by Crippen LogP contribution is 2.10. The summed E-state index contributed by atoms with van der Waals surface area (Å²) in [5.74, 6) is 0. The fraction of sp³-hybridized carbons (Fsp3) is 0.750. The van der Waals surface area contributed by atoms with Crippen LogP contribution in [0.15, 0.2) is 12.5 Å². The highest BCUT2D eigenvalue weighted by molar-refractivity contribution is 5.00. The molecule has 0 aromatic carbocycles. The van der Waals surface area contributed by atoms with E-state index in [1.54, 1.807) is 7.11 Å². The van der Waals surface area contributed by atoms with Gasteiger partial charge < -0.3 is 19.5 Å². The van der Waals surface area contributed by atoms with Crippen LogP contribution in [0.2, 0.25) is 0 Å². The molecule has 0 fully saturated rings. The number of nitrogens with zero attached hydrogens (tertiary/aromatic N) is 3. The molecule has 5 nitrogen and oxygen atoms in total. The Morgan fingerprint density at radius 3 is 2.94 bits per heavy atom. The fourth-order valence-electron chi connectivity index (χ4n) is 1.87. The van der Waals surface area contributed by atoms with Crippen molar-refractivity contribution in [2.45, 2.75) is 19.5 Å². The van der Waals surface area contributed by atoms with Crippen LogP contribution in [-0.4, -0.2) is 55.4 Å². The van der Waals surface area contributed by atoms with Gasteiger partial charge in [0.25, 0.3) is 0 Å². The van der Waals surface area contributed by atoms with Crippen molar-refractivity contribution in [1.82, 2.24) is 19.8 Å². The highest BCUT2D eigenvalue weighted by Gasteiger charge is 2.09. The van der Waals surface area contributed by atoms with E-state index in [9.17, 15) is 0 Å². The summed E-state index contributed by atoms with van der Waals surface area (Å²) in [6.45, 7) is 5.66. The molecule has 1 N–H and O–H groups in total. The molecular formula is C12H24N4O. The Morgan fingerprint density at radius 2 is 2.29 bits per heavy atom. The molecule has 0 bridgehead atoms. The first-order valence-electron chi connectivity index (χ1n) is 6.00. The molecule has 0 amide bonds. The minimum absolute atomic E-state index is 0.437. The van der Waals surface area contributed by atoms with E-state index >= 15 is 0 Å². The van der Waals surface area contributed by atoms with Crippen molar-refractivity contribution in [1.29, 1.82) is 0 Å². The van der Waals surface area contributed by atoms with Crippen LogP contribution in [0.1, 0.15) is 18.7 Å². The summed E-state index contributed by atoms with van der Waals surface area (Å²) in [6, 6.07) is 0.437. The van der Waals surface area contributed by atoms with Gasteiger partial charge in [0.15, 0.2) is 0 Å². The lowest BCUT2D eigenvalue weighted by molar-refractivity contribution is 0.199. The van der Waals surface area contributed by atoms with Crippen LogP contribution < -0.4 is 5.32 Å². The number of nitrogens with one attached hydrogen (secondary N) is 1. The number of hydrogen-bond acceptors (Lipinski definition) is 4. The summed E-state index contributed by atoms with van der Waals surface area (Å²) >= 11 is 0. The average molecular weight is 240 g/mol. The Balaban J connectivity index is 2.47. The maximum Gasteiger partial charge on any atom is 0.0951 e. The van der Waals surface area contributed by atoms with Gasteiger partial charge in [-0.25, -0.2) is 4.98 Å². The van der Waals surface area contributed by atoms with Crippen molar-refractivity contribution in [2.75, 3.05) is 40.9 Å². The second-order valence-electron chi connectivity index (χ2n) is 4.57. The zero-order chi connectivity index (χ0) is 12.7. The molecule has 1 aromatic rings. The first-order valence-corrected chi connectivity index (χ1v) is 6.00. The van der Waals surface area contributed by atoms with Gasteiger partial charge in [0.2, 0.25) is 0 Å². The lowest BCUT2D eigenvalue weighted by Crippen LogP contribution is -2.25. The van der Waals surface area contributed by atoms with Gasteiger partial charge in [0.1, 0.15) is 0 Å². The van der Waals surface area contributed by atoms with Crippen molar-refractivity contribution >= 4 is 0 Å². The van der Waals surface area contributed by atoms with Crippen LogP contribution >= 0.6 is 0 Å². The van der Waals surface area contributed by atoms with E-state index in [0.29, 0.717) is 6.04 Å². The maximum absolute atomic E-state index is 5.00. The second kappa shape index (κ2) is 7.42. The number of likely N-dealkylation sites (N-methyl/N-ethyl adjacent to an activating group) is 1. The minimum atomic E-state index is 0.437. The summed E-state index contributed by atoms with van der Waals surface area (Å²) in [4.78, 5) is 6.41. The van der Waals surface area contributed by atoms with Crippen molar-refractivity contribution in [3.05, 3.63) is 18.2 Å². The van der Waals surface area contributed by atoms with Crippen molar-refractivity contribution in [3.63, 3.8) is 0 Å². The van der Waals surface area contributed by atoms with Crippen LogP contribution in [0, 0.1) is 0 Å². The number of methoxy groups -OCH3 is 1. The van der Waals surface area contributed by atoms with Crippen LogP contribution in [0.3, 0.4) is 0 Å². The topological polar surface area (TPSA) is 42.3 Å². The van der Waals surface area contributed by atoms with E-state index in [4.69, 9.17) is 4.74 Å². The quantitative estimate of drug-likeness (QED) is 0.681. The smallest absolute Gasteiger partial charge is 0.0951 e. The Labute approximate surface area is 104 Å². The van der Waals surface area contributed by atoms with Gasteiger partial charge in [-0.15, -0.1) is 0 Å². The Bertz CT molecular complexity index is 311. The molecule has 0 radical (unpaired) electrons. The number of ether oxygens (including phenoxy) is 1. The molecule has 0 spiro atoms. The van der Waals surface area contributed by atoms with Crippen LogP contribution in [0.25, 0.3) is 0 Å². The number of rotatable bonds is 8. The normalized spacial score (nSPS) is 13.2. The molecular weight excluding hydrogens is 216 g/mol. The molecule has 1 unspecified atom stereocenters. The van der Waals surface area contributed by atoms with E-state index < -0.39 is 0 Å². The lowest BCUT2D eigenvalue weighted by atomic mass is 10.3. The molecule has 1 atom stereocenters. The van der Waals surface area contributed by atoms with E-state index in [-0.39, 0.29) is 0 Å². The summed E-state index contributed by atoms with van der Waals surface area (Å²) in [5.41, 5.74) is 1.22. The summed E-state index contributed by atoms with van der Waals surface area (Å²) in [7, 11) is 5.89. The largest absolute Gasteiger partial charge is 0.383 e. The van der Waals surface area contributed by atoms with E-state index in [2.05, 4.69) is 40.8 Å². The SMILES string of the molecule is COCCNCc1cncn1C(C)CN(C)C. The van der Waals surface area contributed by atoms with Gasteiger partial charge in [0.05, 0.1) is 18.6 Å². The summed E-state index contributed by atoms with van der Waals surface area (Å²) < 4.78 is 7.22. The standard InChI is InChI=1S/C12H24N4O/c1-11(9-15(2)3)16-10-14-8-12(16)7-13-5-6-17-4/h8,10-11,13H,5-7,9H2,1-4H3. The predicted octanol–water partition coefficient (Wildman–Crippen LogP) is 0.742. The molecule has 1 heterocycles. The molecule has 0 aliphatic heterocycles. The number of imidazole rings is 1. The van der Waals surface area contributed by atoms with E-state index in [0.717, 1.165) is 26.2 Å². The van der Waals surface area contributed by atoms with Gasteiger partial charge in [-0.3, -0.25) is 0 Å². The Morgan fingerprint density at radius 1 is 1.53 bits per heavy atom. The number of hydrogen-bond donors (Lipinski definition) is 1. The van der Waals surface area contributed by atoms with Crippen molar-refractivity contribution in [2.24, 2.45) is 0 Å². The van der Waals surface area contributed by atoms with Crippen molar-refractivity contribution in [3.8, 4) is 0 Å². The molecule has 17 heavy (non-hydrogen) atoms. The monoisotopic (exact) mass is 240 g/mol. The first-order chi connectivity index (χ1) is 8.15. The molecule has 5 heteroatoms. The van der Waals surface area contributed by atoms with Crippen molar-refractivity contribution < 1.29 is 4.74 Å². The summed E-state index contributed by atoms with van der Waals surface area (Å²) in [6.07, 6.45) is 3.83. The van der Waals surface area contributed by atoms with Crippen LogP contribution in [0.5, 0.6) is 0 Å². The highest BCUT2D eigenvalue weighted by atomic mass is 16.5. The molecule has 1 aromatic heterocycles. The molecule has 0 saturated heterocycles. The molecule has 1 rings (SSSR count). The molecule has 0 saturated carbocycles. The minimum Gasteiger partial charge on any atom is -0.383 e. The molecule has 98 valence electrons. The third-order valence-corrected chi connectivity index (χ3v) is 2.64. The van der Waals surface area contributed by atoms with Gasteiger partial charge in [0, 0.05) is 39.0 Å². The fourth-order valence-corrected chi connectivity index (χ4v) is 1.87. The Hall–Kier alpha value is -0.910. The zero-order valence-corrected chi connectivity index (χ0v) is 11.3. The second-order valence-corrected chi connectivity index (χ2v) is 4.57. The van der Waals surface area contributed by atoms with Crippen LogP contribution in [0.4, 0.5) is 0 Å². The van der Waals surface area contributed by atoms with Gasteiger partial charge in [-0.1, -0.05) is 0 Å². The Kier molecular flexibility index (Phi) is 6.18. The first kappa shape index (κ1) is 14.2. The average Bonchev–Trinajstić information content (AvgIpc) is 2.71. The zero-order valence-electron chi connectivity index (χ0n) is 11.3. The van der Waals surface area contributed by atoms with E-state index in [1.807, 2.05) is 12.5 Å². The number of aromatic nitrogens is 2. The van der Waals surface area contributed by atoms with Gasteiger partial charge in [-0.2, -0.15) is 0 Å².